The van der Waals surface area contributed by atoms with Gasteiger partial charge in [-0.1, -0.05) is 12.1 Å². The minimum Gasteiger partial charge on any atom is -0.495 e. The Morgan fingerprint density at radius 3 is 2.75 bits per heavy atom. The van der Waals surface area contributed by atoms with E-state index in [4.69, 9.17) is 4.74 Å². The van der Waals surface area contributed by atoms with E-state index in [1.165, 1.54) is 0 Å². The molecule has 1 unspecified atom stereocenters. The molecule has 0 spiro atoms. The van der Waals surface area contributed by atoms with Gasteiger partial charge in [0.15, 0.2) is 11.6 Å². The second-order valence-corrected chi connectivity index (χ2v) is 6.69. The largest absolute Gasteiger partial charge is 0.495 e. The minimum atomic E-state index is -0.117. The van der Waals surface area contributed by atoms with Crippen LogP contribution in [0.3, 0.4) is 0 Å². The molecule has 28 heavy (non-hydrogen) atoms. The Morgan fingerprint density at radius 1 is 1.18 bits per heavy atom. The number of carbonyl (C=O) groups excluding carboxylic acids is 1. The van der Waals surface area contributed by atoms with Gasteiger partial charge in [0.25, 0.3) is 0 Å². The van der Waals surface area contributed by atoms with Gasteiger partial charge in [0.1, 0.15) is 12.1 Å². The van der Waals surface area contributed by atoms with E-state index in [-0.39, 0.29) is 11.8 Å². The van der Waals surface area contributed by atoms with Crippen LogP contribution < -0.4 is 15.0 Å². The molecule has 8 nitrogen and oxygen atoms in total. The number of hydrogen-bond acceptors (Lipinski definition) is 6. The lowest BCUT2D eigenvalue weighted by Crippen LogP contribution is -2.41. The number of piperidine rings is 1. The van der Waals surface area contributed by atoms with Crippen LogP contribution in [-0.4, -0.2) is 45.9 Å². The van der Waals surface area contributed by atoms with Crippen LogP contribution in [0.4, 0.5) is 11.5 Å². The molecule has 1 atom stereocenters. The summed E-state index contributed by atoms with van der Waals surface area (Å²) in [6.45, 7) is 1.47. The molecular formula is C20H22N6O2. The first-order chi connectivity index (χ1) is 13.7. The molecular weight excluding hydrogens is 356 g/mol. The van der Waals surface area contributed by atoms with Gasteiger partial charge in [0.05, 0.1) is 18.7 Å². The highest BCUT2D eigenvalue weighted by molar-refractivity contribution is 5.94. The van der Waals surface area contributed by atoms with E-state index in [1.54, 1.807) is 24.2 Å². The summed E-state index contributed by atoms with van der Waals surface area (Å²) in [7, 11) is 1.60. The minimum absolute atomic E-state index is 0.00260. The summed E-state index contributed by atoms with van der Waals surface area (Å²) in [4.78, 5) is 18.9. The van der Waals surface area contributed by atoms with E-state index < -0.39 is 0 Å². The fraction of sp³-hybridized carbons (Fsp3) is 0.300. The van der Waals surface area contributed by atoms with Crippen molar-refractivity contribution in [1.82, 2.24) is 19.7 Å². The van der Waals surface area contributed by atoms with Crippen LogP contribution >= 0.6 is 0 Å². The molecule has 4 rings (SSSR count). The second-order valence-electron chi connectivity index (χ2n) is 6.69. The van der Waals surface area contributed by atoms with Crippen molar-refractivity contribution >= 4 is 17.4 Å². The number of rotatable bonds is 5. The molecule has 1 aliphatic heterocycles. The van der Waals surface area contributed by atoms with Gasteiger partial charge in [0, 0.05) is 25.5 Å². The Hall–Kier alpha value is -3.42. The summed E-state index contributed by atoms with van der Waals surface area (Å²) in [5.74, 6) is 2.03. The number of benzene rings is 1. The van der Waals surface area contributed by atoms with Crippen molar-refractivity contribution in [2.45, 2.75) is 12.8 Å². The Kier molecular flexibility index (Phi) is 5.18. The number of ether oxygens (including phenoxy) is 1. The van der Waals surface area contributed by atoms with Crippen LogP contribution in [0.1, 0.15) is 12.8 Å². The highest BCUT2D eigenvalue weighted by Gasteiger charge is 2.27. The molecule has 1 aliphatic rings. The fourth-order valence-electron chi connectivity index (χ4n) is 3.40. The maximum absolute atomic E-state index is 12.8. The highest BCUT2D eigenvalue weighted by Crippen LogP contribution is 2.26. The molecule has 2 aromatic heterocycles. The van der Waals surface area contributed by atoms with Crippen molar-refractivity contribution in [2.75, 3.05) is 30.4 Å². The van der Waals surface area contributed by atoms with Crippen LogP contribution in [0.5, 0.6) is 5.75 Å². The van der Waals surface area contributed by atoms with Crippen LogP contribution in [0.15, 0.2) is 55.1 Å². The predicted molar refractivity (Wildman–Crippen MR) is 106 cm³/mol. The summed E-state index contributed by atoms with van der Waals surface area (Å²) < 4.78 is 7.12. The number of imidazole rings is 1. The van der Waals surface area contributed by atoms with Crippen molar-refractivity contribution in [2.24, 2.45) is 5.92 Å². The molecule has 1 amide bonds. The Labute approximate surface area is 163 Å². The number of methoxy groups -OCH3 is 1. The lowest BCUT2D eigenvalue weighted by atomic mass is 9.97. The maximum atomic E-state index is 12.8. The lowest BCUT2D eigenvalue weighted by Gasteiger charge is -2.32. The molecule has 0 bridgehead atoms. The molecule has 8 heteroatoms. The van der Waals surface area contributed by atoms with Crippen LogP contribution in [0.2, 0.25) is 0 Å². The molecule has 1 fully saturated rings. The number of hydrogen-bond donors (Lipinski definition) is 1. The van der Waals surface area contributed by atoms with Gasteiger partial charge in [-0.15, -0.1) is 10.2 Å². The van der Waals surface area contributed by atoms with Crippen molar-refractivity contribution in [3.8, 4) is 11.6 Å². The number of aromatic nitrogens is 4. The van der Waals surface area contributed by atoms with Crippen LogP contribution in [0.25, 0.3) is 5.82 Å². The molecule has 3 aromatic rings. The molecule has 1 saturated heterocycles. The second kappa shape index (κ2) is 8.08. The van der Waals surface area contributed by atoms with Crippen molar-refractivity contribution < 1.29 is 9.53 Å². The van der Waals surface area contributed by atoms with Crippen LogP contribution in [-0.2, 0) is 4.79 Å². The van der Waals surface area contributed by atoms with E-state index in [0.717, 1.165) is 25.2 Å². The third-order valence-electron chi connectivity index (χ3n) is 4.89. The summed E-state index contributed by atoms with van der Waals surface area (Å²) in [6, 6.07) is 11.3. The first-order valence-corrected chi connectivity index (χ1v) is 9.25. The zero-order valence-corrected chi connectivity index (χ0v) is 15.7. The summed E-state index contributed by atoms with van der Waals surface area (Å²) in [5, 5.41) is 11.6. The molecule has 0 saturated carbocycles. The number of para-hydroxylation sites is 2. The Balaban J connectivity index is 1.43. The van der Waals surface area contributed by atoms with E-state index >= 15 is 0 Å². The van der Waals surface area contributed by atoms with E-state index in [9.17, 15) is 4.79 Å². The topological polar surface area (TPSA) is 85.2 Å². The summed E-state index contributed by atoms with van der Waals surface area (Å²) >= 11 is 0. The van der Waals surface area contributed by atoms with Gasteiger partial charge in [-0.25, -0.2) is 4.98 Å². The lowest BCUT2D eigenvalue weighted by molar-refractivity contribution is -0.120. The predicted octanol–water partition coefficient (Wildman–Crippen LogP) is 2.53. The van der Waals surface area contributed by atoms with Crippen molar-refractivity contribution in [3.63, 3.8) is 0 Å². The first kappa shape index (κ1) is 18.0. The number of nitrogens with one attached hydrogen (secondary N) is 1. The normalized spacial score (nSPS) is 16.6. The smallest absolute Gasteiger partial charge is 0.229 e. The quantitative estimate of drug-likeness (QED) is 0.734. The zero-order chi connectivity index (χ0) is 19.3. The van der Waals surface area contributed by atoms with Crippen molar-refractivity contribution in [1.29, 1.82) is 0 Å². The van der Waals surface area contributed by atoms with Gasteiger partial charge in [0.2, 0.25) is 5.91 Å². The zero-order valence-electron chi connectivity index (χ0n) is 15.7. The summed E-state index contributed by atoms with van der Waals surface area (Å²) in [5.41, 5.74) is 0.691. The van der Waals surface area contributed by atoms with E-state index in [0.29, 0.717) is 23.8 Å². The third kappa shape index (κ3) is 3.80. The number of anilines is 2. The van der Waals surface area contributed by atoms with Crippen molar-refractivity contribution in [3.05, 3.63) is 55.1 Å². The average molecular weight is 378 g/mol. The molecule has 0 aliphatic carbocycles. The summed E-state index contributed by atoms with van der Waals surface area (Å²) in [6.07, 6.45) is 6.98. The third-order valence-corrected chi connectivity index (χ3v) is 4.89. The van der Waals surface area contributed by atoms with E-state index in [1.807, 2.05) is 42.6 Å². The average Bonchev–Trinajstić information content (AvgIpc) is 3.29. The van der Waals surface area contributed by atoms with Gasteiger partial charge < -0.3 is 15.0 Å². The molecule has 1 aromatic carbocycles. The molecule has 144 valence electrons. The van der Waals surface area contributed by atoms with Gasteiger partial charge in [-0.05, 0) is 37.1 Å². The first-order valence-electron chi connectivity index (χ1n) is 9.25. The molecule has 1 N–H and O–H groups in total. The van der Waals surface area contributed by atoms with Gasteiger partial charge in [-0.3, -0.25) is 9.36 Å². The van der Waals surface area contributed by atoms with Gasteiger partial charge in [-0.2, -0.15) is 0 Å². The SMILES string of the molecule is COc1ccccc1NC(=O)C1CCCN(c2ccc(-n3ccnc3)nn2)C1. The van der Waals surface area contributed by atoms with E-state index in [2.05, 4.69) is 25.4 Å². The monoisotopic (exact) mass is 378 g/mol. The number of amides is 1. The number of nitrogens with zero attached hydrogens (tertiary/aromatic N) is 5. The Morgan fingerprint density at radius 2 is 2.00 bits per heavy atom. The maximum Gasteiger partial charge on any atom is 0.229 e. The molecule has 3 heterocycles. The Bertz CT molecular complexity index is 926. The fourth-order valence-corrected chi connectivity index (χ4v) is 3.40. The molecule has 0 radical (unpaired) electrons. The highest BCUT2D eigenvalue weighted by atomic mass is 16.5. The standard InChI is InChI=1S/C20H22N6O2/c1-28-17-7-3-2-6-16(17)22-20(27)15-5-4-11-25(13-15)18-8-9-19(24-23-18)26-12-10-21-14-26/h2-3,6-10,12,14-15H,4-5,11,13H2,1H3,(H,22,27). The van der Waals surface area contributed by atoms with Crippen LogP contribution in [0, 0.1) is 5.92 Å². The number of carbonyl (C=O) groups is 1. The van der Waals surface area contributed by atoms with Gasteiger partial charge >= 0.3 is 0 Å².